The van der Waals surface area contributed by atoms with E-state index in [4.69, 9.17) is 22.8 Å². The van der Waals surface area contributed by atoms with Crippen molar-refractivity contribution in [2.24, 2.45) is 0 Å². The Labute approximate surface area is 99.7 Å². The number of benzene rings is 1. The Hall–Kier alpha value is -1.66. The van der Waals surface area contributed by atoms with Crippen LogP contribution >= 0.6 is 11.6 Å². The summed E-state index contributed by atoms with van der Waals surface area (Å²) in [7, 11) is 0. The van der Waals surface area contributed by atoms with E-state index in [0.717, 1.165) is 0 Å². The van der Waals surface area contributed by atoms with Crippen LogP contribution in [0.2, 0.25) is 5.02 Å². The Morgan fingerprint density at radius 1 is 1.44 bits per heavy atom. The van der Waals surface area contributed by atoms with Crippen LogP contribution in [0.4, 0.5) is 0 Å². The molecular weight excluding hydrogens is 226 g/mol. The number of carbonyl (C=O) groups excluding carboxylic acids is 1. The Bertz CT molecular complexity index is 381. The maximum Gasteiger partial charge on any atom is 0.257 e. The summed E-state index contributed by atoms with van der Waals surface area (Å²) < 4.78 is 5.23. The van der Waals surface area contributed by atoms with Gasteiger partial charge in [0, 0.05) is 18.0 Å². The number of carbonyl (C=O) groups is 1. The lowest BCUT2D eigenvalue weighted by molar-refractivity contribution is -0.123. The fourth-order valence-corrected chi connectivity index (χ4v) is 1.13. The summed E-state index contributed by atoms with van der Waals surface area (Å²) >= 11 is 5.71. The number of ether oxygens (including phenoxy) is 1. The van der Waals surface area contributed by atoms with Gasteiger partial charge in [-0.3, -0.25) is 4.79 Å². The molecule has 1 aromatic carbocycles. The van der Waals surface area contributed by atoms with Crippen LogP contribution in [-0.4, -0.2) is 19.1 Å². The highest BCUT2D eigenvalue weighted by Crippen LogP contribution is 2.15. The molecule has 16 heavy (non-hydrogen) atoms. The SMILES string of the molecule is C#CCCNC(=O)COc1ccc(Cl)cc1. The van der Waals surface area contributed by atoms with Crippen LogP contribution in [0, 0.1) is 12.3 Å². The Morgan fingerprint density at radius 3 is 2.75 bits per heavy atom. The average Bonchev–Trinajstić information content (AvgIpc) is 2.29. The molecule has 4 heteroatoms. The summed E-state index contributed by atoms with van der Waals surface area (Å²) in [6.45, 7) is 0.450. The molecule has 0 saturated heterocycles. The van der Waals surface area contributed by atoms with Crippen LogP contribution < -0.4 is 10.1 Å². The molecule has 0 aromatic heterocycles. The smallest absolute Gasteiger partial charge is 0.257 e. The molecular formula is C12H12ClNO2. The summed E-state index contributed by atoms with van der Waals surface area (Å²) in [5.74, 6) is 2.85. The van der Waals surface area contributed by atoms with E-state index >= 15 is 0 Å². The molecule has 0 fully saturated rings. The van der Waals surface area contributed by atoms with Gasteiger partial charge in [-0.1, -0.05) is 11.6 Å². The summed E-state index contributed by atoms with van der Waals surface area (Å²) in [5.41, 5.74) is 0. The summed E-state index contributed by atoms with van der Waals surface area (Å²) in [6, 6.07) is 6.81. The van der Waals surface area contributed by atoms with E-state index in [1.807, 2.05) is 0 Å². The largest absolute Gasteiger partial charge is 0.484 e. The average molecular weight is 238 g/mol. The number of hydrogen-bond acceptors (Lipinski definition) is 2. The quantitative estimate of drug-likeness (QED) is 0.627. The van der Waals surface area contributed by atoms with Crippen molar-refractivity contribution < 1.29 is 9.53 Å². The number of hydrogen-bond donors (Lipinski definition) is 1. The van der Waals surface area contributed by atoms with E-state index in [9.17, 15) is 4.79 Å². The normalized spacial score (nSPS) is 9.25. The molecule has 1 amide bonds. The Kier molecular flexibility index (Phi) is 5.24. The molecule has 0 unspecified atom stereocenters. The molecule has 0 bridgehead atoms. The number of rotatable bonds is 5. The second kappa shape index (κ2) is 6.76. The number of nitrogens with one attached hydrogen (secondary N) is 1. The highest BCUT2D eigenvalue weighted by atomic mass is 35.5. The molecule has 0 aliphatic heterocycles. The van der Waals surface area contributed by atoms with Crippen molar-refractivity contribution in [1.29, 1.82) is 0 Å². The summed E-state index contributed by atoms with van der Waals surface area (Å²) in [5, 5.41) is 3.26. The van der Waals surface area contributed by atoms with Crippen LogP contribution in [0.3, 0.4) is 0 Å². The molecule has 1 rings (SSSR count). The molecule has 0 spiro atoms. The van der Waals surface area contributed by atoms with Gasteiger partial charge in [-0.05, 0) is 24.3 Å². The molecule has 1 aromatic rings. The van der Waals surface area contributed by atoms with Crippen LogP contribution in [0.1, 0.15) is 6.42 Å². The first-order chi connectivity index (χ1) is 7.72. The van der Waals surface area contributed by atoms with E-state index in [-0.39, 0.29) is 12.5 Å². The van der Waals surface area contributed by atoms with E-state index in [0.29, 0.717) is 23.7 Å². The van der Waals surface area contributed by atoms with Gasteiger partial charge in [0.15, 0.2) is 6.61 Å². The minimum atomic E-state index is -0.190. The van der Waals surface area contributed by atoms with Crippen molar-refractivity contribution >= 4 is 17.5 Å². The van der Waals surface area contributed by atoms with Gasteiger partial charge in [0.2, 0.25) is 0 Å². The third-order valence-electron chi connectivity index (χ3n) is 1.78. The predicted octanol–water partition coefficient (Wildman–Crippen LogP) is 1.86. The maximum absolute atomic E-state index is 11.2. The zero-order chi connectivity index (χ0) is 11.8. The maximum atomic E-state index is 11.2. The first kappa shape index (κ1) is 12.4. The number of terminal acetylenes is 1. The number of halogens is 1. The fraction of sp³-hybridized carbons (Fsp3) is 0.250. The van der Waals surface area contributed by atoms with E-state index in [1.54, 1.807) is 24.3 Å². The monoisotopic (exact) mass is 237 g/mol. The Morgan fingerprint density at radius 2 is 2.12 bits per heavy atom. The van der Waals surface area contributed by atoms with Crippen molar-refractivity contribution in [3.8, 4) is 18.1 Å². The van der Waals surface area contributed by atoms with Crippen LogP contribution in [0.5, 0.6) is 5.75 Å². The fourth-order valence-electron chi connectivity index (χ4n) is 1.00. The summed E-state index contributed by atoms with van der Waals surface area (Å²) in [6.07, 6.45) is 5.57. The molecule has 3 nitrogen and oxygen atoms in total. The third kappa shape index (κ3) is 4.72. The molecule has 84 valence electrons. The van der Waals surface area contributed by atoms with Gasteiger partial charge < -0.3 is 10.1 Å². The van der Waals surface area contributed by atoms with Crippen molar-refractivity contribution in [3.05, 3.63) is 29.3 Å². The van der Waals surface area contributed by atoms with Crippen molar-refractivity contribution in [2.45, 2.75) is 6.42 Å². The molecule has 1 N–H and O–H groups in total. The minimum absolute atomic E-state index is 0.0216. The first-order valence-corrected chi connectivity index (χ1v) is 5.18. The topological polar surface area (TPSA) is 38.3 Å². The van der Waals surface area contributed by atoms with E-state index in [1.165, 1.54) is 0 Å². The van der Waals surface area contributed by atoms with Gasteiger partial charge in [0.25, 0.3) is 5.91 Å². The molecule has 0 atom stereocenters. The molecule has 0 saturated carbocycles. The first-order valence-electron chi connectivity index (χ1n) is 4.81. The lowest BCUT2D eigenvalue weighted by Gasteiger charge is -2.06. The van der Waals surface area contributed by atoms with Crippen LogP contribution in [0.15, 0.2) is 24.3 Å². The predicted molar refractivity (Wildman–Crippen MR) is 63.4 cm³/mol. The second-order valence-electron chi connectivity index (χ2n) is 3.05. The minimum Gasteiger partial charge on any atom is -0.484 e. The van der Waals surface area contributed by atoms with E-state index in [2.05, 4.69) is 11.2 Å². The highest BCUT2D eigenvalue weighted by Gasteiger charge is 2.01. The summed E-state index contributed by atoms with van der Waals surface area (Å²) in [4.78, 5) is 11.2. The molecule has 0 aliphatic carbocycles. The number of amides is 1. The van der Waals surface area contributed by atoms with Gasteiger partial charge >= 0.3 is 0 Å². The Balaban J connectivity index is 2.26. The van der Waals surface area contributed by atoms with Crippen LogP contribution in [-0.2, 0) is 4.79 Å². The highest BCUT2D eigenvalue weighted by molar-refractivity contribution is 6.30. The van der Waals surface area contributed by atoms with Crippen molar-refractivity contribution in [2.75, 3.05) is 13.2 Å². The van der Waals surface area contributed by atoms with Gasteiger partial charge in [0.1, 0.15) is 5.75 Å². The van der Waals surface area contributed by atoms with E-state index < -0.39 is 0 Å². The molecule has 0 heterocycles. The zero-order valence-electron chi connectivity index (χ0n) is 8.70. The zero-order valence-corrected chi connectivity index (χ0v) is 9.46. The van der Waals surface area contributed by atoms with Gasteiger partial charge in [-0.25, -0.2) is 0 Å². The lowest BCUT2D eigenvalue weighted by Crippen LogP contribution is -2.29. The molecule has 0 aliphatic rings. The molecule has 0 radical (unpaired) electrons. The van der Waals surface area contributed by atoms with Crippen molar-refractivity contribution in [3.63, 3.8) is 0 Å². The third-order valence-corrected chi connectivity index (χ3v) is 2.03. The second-order valence-corrected chi connectivity index (χ2v) is 3.48. The lowest BCUT2D eigenvalue weighted by atomic mass is 10.3. The standard InChI is InChI=1S/C12H12ClNO2/c1-2-3-8-14-12(15)9-16-11-6-4-10(13)5-7-11/h1,4-7H,3,8-9H2,(H,14,15). The van der Waals surface area contributed by atoms with Crippen molar-refractivity contribution in [1.82, 2.24) is 5.32 Å². The van der Waals surface area contributed by atoms with Gasteiger partial charge in [-0.2, -0.15) is 0 Å². The van der Waals surface area contributed by atoms with Gasteiger partial charge in [-0.15, -0.1) is 12.3 Å². The van der Waals surface area contributed by atoms with Gasteiger partial charge in [0.05, 0.1) is 0 Å². The van der Waals surface area contributed by atoms with Crippen LogP contribution in [0.25, 0.3) is 0 Å².